The molecule has 2 aromatic rings. The Morgan fingerprint density at radius 3 is 1.11 bits per heavy atom. The highest BCUT2D eigenvalue weighted by atomic mass is 17.5. The lowest BCUT2D eigenvalue weighted by molar-refractivity contribution is -0.452. The highest BCUT2D eigenvalue weighted by Gasteiger charge is 2.13. The Balaban J connectivity index is 1.32. The van der Waals surface area contributed by atoms with Crippen molar-refractivity contribution in [1.82, 2.24) is 0 Å². The molecule has 0 unspecified atom stereocenters. The van der Waals surface area contributed by atoms with Gasteiger partial charge in [0.15, 0.2) is 0 Å². The number of unbranched alkanes of at least 4 members (excludes halogenated alkanes) is 9. The van der Waals surface area contributed by atoms with Gasteiger partial charge in [0.05, 0.1) is 47.6 Å². The summed E-state index contributed by atoms with van der Waals surface area (Å²) < 4.78 is 20.3. The van der Waals surface area contributed by atoms with Crippen LogP contribution in [0.4, 0.5) is 9.59 Å². The highest BCUT2D eigenvalue weighted by Crippen LogP contribution is 2.15. The summed E-state index contributed by atoms with van der Waals surface area (Å²) in [6.45, 7) is 5.01. The number of benzene rings is 2. The molecule has 0 bridgehead atoms. The minimum Gasteiger partial charge on any atom is -0.494 e. The van der Waals surface area contributed by atoms with Gasteiger partial charge in [0, 0.05) is 0 Å². The van der Waals surface area contributed by atoms with Crippen molar-refractivity contribution in [2.45, 2.75) is 78.1 Å². The Hall–Kier alpha value is -4.56. The summed E-state index contributed by atoms with van der Waals surface area (Å²) in [5.74, 6) is -0.457. The minimum absolute atomic E-state index is 0.158. The average molecular weight is 651 g/mol. The largest absolute Gasteiger partial charge is 0.543 e. The Labute approximate surface area is 267 Å². The Morgan fingerprint density at radius 1 is 0.457 bits per heavy atom. The van der Waals surface area contributed by atoms with E-state index in [1.807, 2.05) is 13.8 Å². The monoisotopic (exact) mass is 650 g/mol. The molecule has 0 aliphatic heterocycles. The lowest BCUT2D eigenvalue weighted by Gasteiger charge is -2.06. The average Bonchev–Trinajstić information content (AvgIpc) is 3.05. The number of hydrogen-bond acceptors (Lipinski definition) is 14. The number of carbonyl (C=O) groups is 4. The number of ether oxygens (including phenoxy) is 4. The van der Waals surface area contributed by atoms with Crippen LogP contribution in [0.1, 0.15) is 98.8 Å². The highest BCUT2D eigenvalue weighted by molar-refractivity contribution is 5.89. The number of carbonyl (C=O) groups excluding carboxylic acids is 4. The van der Waals surface area contributed by atoms with Crippen LogP contribution in [0.3, 0.4) is 0 Å². The molecule has 14 heteroatoms. The molecule has 0 aliphatic rings. The molecule has 46 heavy (non-hydrogen) atoms. The zero-order valence-electron chi connectivity index (χ0n) is 26.2. The maximum Gasteiger partial charge on any atom is 0.543 e. The lowest BCUT2D eigenvalue weighted by Crippen LogP contribution is -2.12. The van der Waals surface area contributed by atoms with E-state index in [0.29, 0.717) is 37.6 Å². The van der Waals surface area contributed by atoms with Gasteiger partial charge in [-0.15, -0.1) is 0 Å². The summed E-state index contributed by atoms with van der Waals surface area (Å²) in [5, 5.41) is 8.40. The van der Waals surface area contributed by atoms with E-state index in [2.05, 4.69) is 29.6 Å². The summed E-state index contributed by atoms with van der Waals surface area (Å²) in [6, 6.07) is 12.4. The fraction of sp³-hybridized carbons (Fsp3) is 0.500. The zero-order chi connectivity index (χ0) is 33.2. The molecular weight excluding hydrogens is 608 g/mol. The van der Waals surface area contributed by atoms with Crippen molar-refractivity contribution in [2.24, 2.45) is 0 Å². The van der Waals surface area contributed by atoms with Crippen molar-refractivity contribution < 1.29 is 67.8 Å². The Morgan fingerprint density at radius 2 is 0.783 bits per heavy atom. The zero-order valence-corrected chi connectivity index (χ0v) is 26.2. The van der Waals surface area contributed by atoms with Crippen molar-refractivity contribution in [2.75, 3.05) is 26.4 Å². The van der Waals surface area contributed by atoms with E-state index in [1.54, 1.807) is 24.3 Å². The summed E-state index contributed by atoms with van der Waals surface area (Å²) >= 11 is 0. The fourth-order valence-electron chi connectivity index (χ4n) is 3.93. The second kappa shape index (κ2) is 23.8. The predicted molar refractivity (Wildman–Crippen MR) is 159 cm³/mol. The van der Waals surface area contributed by atoms with E-state index in [0.717, 1.165) is 51.4 Å². The standard InChI is InChI=1S/C32H42O14/c1-3-37-27-19-15-25(16-20-27)29(33)41-45-43-31(35)39-23-13-11-9-7-5-6-8-10-12-14-24-40-32(36)44-46-42-30(34)26-17-21-28(22-18-26)38-4-2/h15-22H,3-14,23-24H2,1-2H3. The second-order valence-corrected chi connectivity index (χ2v) is 9.69. The van der Waals surface area contributed by atoms with Crippen LogP contribution in [0.2, 0.25) is 0 Å². The Bertz CT molecular complexity index is 1060. The van der Waals surface area contributed by atoms with Crippen LogP contribution >= 0.6 is 0 Å². The molecule has 0 saturated heterocycles. The number of rotatable bonds is 23. The van der Waals surface area contributed by atoms with Crippen LogP contribution in [0.25, 0.3) is 0 Å². The van der Waals surface area contributed by atoms with E-state index in [4.69, 9.17) is 18.9 Å². The third-order valence-electron chi connectivity index (χ3n) is 6.20. The van der Waals surface area contributed by atoms with E-state index in [1.165, 1.54) is 24.3 Å². The molecule has 2 rings (SSSR count). The summed E-state index contributed by atoms with van der Waals surface area (Å²) in [6.07, 6.45) is 7.22. The van der Waals surface area contributed by atoms with Crippen LogP contribution in [0.15, 0.2) is 48.5 Å². The van der Waals surface area contributed by atoms with E-state index >= 15 is 0 Å². The van der Waals surface area contributed by atoms with Crippen molar-refractivity contribution in [1.29, 1.82) is 0 Å². The molecule has 0 aliphatic carbocycles. The normalized spacial score (nSPS) is 10.4. The maximum atomic E-state index is 11.8. The predicted octanol–water partition coefficient (Wildman–Crippen LogP) is 7.40. The Kier molecular flexibility index (Phi) is 19.4. The third kappa shape index (κ3) is 17.1. The first-order valence-corrected chi connectivity index (χ1v) is 15.3. The van der Waals surface area contributed by atoms with Crippen LogP contribution in [0.5, 0.6) is 11.5 Å². The van der Waals surface area contributed by atoms with Gasteiger partial charge < -0.3 is 18.9 Å². The maximum absolute atomic E-state index is 11.8. The fourth-order valence-corrected chi connectivity index (χ4v) is 3.93. The van der Waals surface area contributed by atoms with Crippen LogP contribution in [-0.2, 0) is 39.1 Å². The molecule has 0 aromatic heterocycles. The van der Waals surface area contributed by atoms with Gasteiger partial charge in [-0.05, 0) is 75.2 Å². The van der Waals surface area contributed by atoms with Gasteiger partial charge in [-0.2, -0.15) is 0 Å². The van der Waals surface area contributed by atoms with Crippen LogP contribution in [0, 0.1) is 0 Å². The topological polar surface area (TPSA) is 161 Å². The number of hydrogen-bond donors (Lipinski definition) is 0. The van der Waals surface area contributed by atoms with Crippen LogP contribution < -0.4 is 9.47 Å². The molecule has 254 valence electrons. The minimum atomic E-state index is -1.10. The van der Waals surface area contributed by atoms with Gasteiger partial charge in [0.1, 0.15) is 11.5 Å². The third-order valence-corrected chi connectivity index (χ3v) is 6.20. The van der Waals surface area contributed by atoms with Gasteiger partial charge in [0.2, 0.25) is 0 Å². The molecule has 0 saturated carbocycles. The molecule has 0 fully saturated rings. The summed E-state index contributed by atoms with van der Waals surface area (Å²) in [4.78, 5) is 64.1. The molecule has 0 heterocycles. The first-order chi connectivity index (χ1) is 22.4. The first-order valence-electron chi connectivity index (χ1n) is 15.3. The first kappa shape index (κ1) is 37.6. The molecule has 0 atom stereocenters. The van der Waals surface area contributed by atoms with Crippen LogP contribution in [-0.4, -0.2) is 50.7 Å². The molecule has 0 amide bonds. The molecule has 2 aromatic carbocycles. The second-order valence-electron chi connectivity index (χ2n) is 9.69. The molecule has 0 radical (unpaired) electrons. The molecular formula is C32H42O14. The van der Waals surface area contributed by atoms with Gasteiger partial charge in [-0.25, -0.2) is 29.0 Å². The van der Waals surface area contributed by atoms with E-state index in [-0.39, 0.29) is 24.3 Å². The van der Waals surface area contributed by atoms with Crippen molar-refractivity contribution in [3.63, 3.8) is 0 Å². The van der Waals surface area contributed by atoms with Gasteiger partial charge in [-0.3, -0.25) is 9.78 Å². The SMILES string of the molecule is CCOc1ccc(C(=O)OOOC(=O)OCCCCCCCCCCCCOC(=O)OOOC(=O)c2ccc(OCC)cc2)cc1. The quantitative estimate of drug-likeness (QED) is 0.0506. The molecule has 14 nitrogen and oxygen atoms in total. The van der Waals surface area contributed by atoms with Gasteiger partial charge in [-0.1, -0.05) is 51.4 Å². The van der Waals surface area contributed by atoms with Gasteiger partial charge in [0.25, 0.3) is 0 Å². The van der Waals surface area contributed by atoms with E-state index < -0.39 is 24.2 Å². The van der Waals surface area contributed by atoms with E-state index in [9.17, 15) is 19.2 Å². The molecule has 0 N–H and O–H groups in total. The summed E-state index contributed by atoms with van der Waals surface area (Å²) in [7, 11) is 0. The lowest BCUT2D eigenvalue weighted by atomic mass is 10.1. The van der Waals surface area contributed by atoms with Crippen molar-refractivity contribution >= 4 is 24.2 Å². The van der Waals surface area contributed by atoms with Gasteiger partial charge >= 0.3 is 24.2 Å². The summed E-state index contributed by atoms with van der Waals surface area (Å²) in [5.41, 5.74) is 0.391. The van der Waals surface area contributed by atoms with Crippen molar-refractivity contribution in [3.8, 4) is 11.5 Å². The molecule has 0 spiro atoms. The van der Waals surface area contributed by atoms with Crippen molar-refractivity contribution in [3.05, 3.63) is 59.7 Å². The smallest absolute Gasteiger partial charge is 0.494 e.